The summed E-state index contributed by atoms with van der Waals surface area (Å²) in [5.41, 5.74) is 1.67. The molecule has 0 saturated heterocycles. The Labute approximate surface area is 152 Å². The first kappa shape index (κ1) is 17.2. The van der Waals surface area contributed by atoms with Gasteiger partial charge >= 0.3 is 0 Å². The van der Waals surface area contributed by atoms with E-state index in [4.69, 9.17) is 17.4 Å². The Bertz CT molecular complexity index is 913. The van der Waals surface area contributed by atoms with Gasteiger partial charge in [-0.05, 0) is 36.8 Å². The molecule has 1 heterocycles. The van der Waals surface area contributed by atoms with Crippen molar-refractivity contribution in [1.82, 2.24) is 14.9 Å². The van der Waals surface area contributed by atoms with E-state index in [1.165, 1.54) is 22.5 Å². The number of nitrogen functional groups attached to an aromatic ring is 1. The summed E-state index contributed by atoms with van der Waals surface area (Å²) in [4.78, 5) is 10.5. The first-order valence-electron chi connectivity index (χ1n) is 7.33. The molecule has 2 aromatic carbocycles. The van der Waals surface area contributed by atoms with E-state index >= 15 is 0 Å². The molecule has 0 bridgehead atoms. The fraction of sp³-hybridized carbons (Fsp3) is 0.125. The minimum Gasteiger partial charge on any atom is -0.335 e. The largest absolute Gasteiger partial charge is 0.335 e. The van der Waals surface area contributed by atoms with Crippen LogP contribution >= 0.6 is 23.4 Å². The van der Waals surface area contributed by atoms with Crippen LogP contribution in [0.3, 0.4) is 0 Å². The minimum atomic E-state index is -0.412. The molecular weight excluding hydrogens is 362 g/mol. The molecule has 128 valence electrons. The summed E-state index contributed by atoms with van der Waals surface area (Å²) in [5.74, 6) is 6.63. The summed E-state index contributed by atoms with van der Waals surface area (Å²) in [5, 5.41) is 20.2. The highest BCUT2D eigenvalue weighted by Crippen LogP contribution is 2.35. The van der Waals surface area contributed by atoms with E-state index in [0.29, 0.717) is 16.0 Å². The second-order valence-electron chi connectivity index (χ2n) is 5.30. The van der Waals surface area contributed by atoms with Gasteiger partial charge in [-0.3, -0.25) is 10.1 Å². The van der Waals surface area contributed by atoms with Gasteiger partial charge in [0.2, 0.25) is 5.16 Å². The monoisotopic (exact) mass is 375 g/mol. The van der Waals surface area contributed by atoms with Crippen LogP contribution in [0.4, 0.5) is 5.69 Å². The van der Waals surface area contributed by atoms with E-state index in [1.807, 2.05) is 25.1 Å². The number of nitro benzene ring substituents is 1. The van der Waals surface area contributed by atoms with Gasteiger partial charge in [0.05, 0.1) is 4.92 Å². The normalized spacial score (nSPS) is 12.1. The van der Waals surface area contributed by atoms with Gasteiger partial charge in [0.15, 0.2) is 5.82 Å². The van der Waals surface area contributed by atoms with Crippen LogP contribution in [-0.2, 0) is 0 Å². The number of non-ortho nitro benzene ring substituents is 1. The summed E-state index contributed by atoms with van der Waals surface area (Å²) < 4.78 is 1.40. The molecule has 2 N–H and O–H groups in total. The zero-order valence-corrected chi connectivity index (χ0v) is 14.7. The van der Waals surface area contributed by atoms with Crippen LogP contribution < -0.4 is 5.84 Å². The number of nitrogens with zero attached hydrogens (tertiary/aromatic N) is 4. The number of nitro groups is 1. The first-order valence-corrected chi connectivity index (χ1v) is 8.59. The van der Waals surface area contributed by atoms with Crippen LogP contribution in [0.5, 0.6) is 0 Å². The number of thioether (sulfide) groups is 1. The van der Waals surface area contributed by atoms with Crippen LogP contribution in [0.25, 0.3) is 11.4 Å². The lowest BCUT2D eigenvalue weighted by molar-refractivity contribution is -0.384. The third-order valence-electron chi connectivity index (χ3n) is 3.60. The maximum absolute atomic E-state index is 10.9. The van der Waals surface area contributed by atoms with E-state index < -0.39 is 4.92 Å². The Kier molecular flexibility index (Phi) is 4.91. The highest BCUT2D eigenvalue weighted by Gasteiger charge is 2.17. The Hall–Kier alpha value is -2.58. The van der Waals surface area contributed by atoms with Crippen molar-refractivity contribution in [1.29, 1.82) is 0 Å². The van der Waals surface area contributed by atoms with Crippen molar-refractivity contribution in [3.63, 3.8) is 0 Å². The number of halogens is 1. The van der Waals surface area contributed by atoms with Crippen LogP contribution in [0, 0.1) is 10.1 Å². The molecule has 0 aliphatic carbocycles. The van der Waals surface area contributed by atoms with Crippen molar-refractivity contribution in [3.05, 3.63) is 69.2 Å². The minimum absolute atomic E-state index is 0.0565. The maximum Gasteiger partial charge on any atom is 0.269 e. The summed E-state index contributed by atoms with van der Waals surface area (Å²) in [7, 11) is 0. The number of benzene rings is 2. The van der Waals surface area contributed by atoms with Crippen molar-refractivity contribution < 1.29 is 4.92 Å². The molecule has 3 rings (SSSR count). The molecule has 0 aliphatic rings. The Balaban J connectivity index is 1.83. The van der Waals surface area contributed by atoms with Gasteiger partial charge in [-0.15, -0.1) is 10.2 Å². The van der Waals surface area contributed by atoms with Crippen molar-refractivity contribution in [2.24, 2.45) is 0 Å². The zero-order chi connectivity index (χ0) is 18.0. The second-order valence-corrected chi connectivity index (χ2v) is 7.04. The molecule has 1 unspecified atom stereocenters. The van der Waals surface area contributed by atoms with Crippen molar-refractivity contribution in [2.45, 2.75) is 17.3 Å². The molecule has 9 heteroatoms. The van der Waals surface area contributed by atoms with Crippen LogP contribution in [0.2, 0.25) is 5.02 Å². The molecule has 3 aromatic rings. The number of nitrogens with two attached hydrogens (primary N) is 1. The van der Waals surface area contributed by atoms with Crippen molar-refractivity contribution in [3.8, 4) is 11.4 Å². The summed E-state index contributed by atoms with van der Waals surface area (Å²) in [6, 6.07) is 13.6. The molecule has 0 saturated carbocycles. The highest BCUT2D eigenvalue weighted by atomic mass is 35.5. The molecule has 25 heavy (non-hydrogen) atoms. The van der Waals surface area contributed by atoms with Crippen molar-refractivity contribution in [2.75, 3.05) is 5.84 Å². The average Bonchev–Trinajstić information content (AvgIpc) is 2.96. The molecule has 7 nitrogen and oxygen atoms in total. The van der Waals surface area contributed by atoms with E-state index in [-0.39, 0.29) is 10.9 Å². The highest BCUT2D eigenvalue weighted by molar-refractivity contribution is 7.99. The van der Waals surface area contributed by atoms with Gasteiger partial charge in [0.1, 0.15) is 0 Å². The lowest BCUT2D eigenvalue weighted by Crippen LogP contribution is -2.12. The summed E-state index contributed by atoms with van der Waals surface area (Å²) >= 11 is 7.27. The number of hydrogen-bond acceptors (Lipinski definition) is 6. The van der Waals surface area contributed by atoms with Crippen LogP contribution in [0.1, 0.15) is 17.7 Å². The SMILES string of the molecule is CC(Sc1nnc(-c2ccc(Cl)cc2)n1N)c1cccc([N+](=O)[O-])c1. The molecular formula is C16H14ClN5O2S. The fourth-order valence-corrected chi connectivity index (χ4v) is 3.28. The van der Waals surface area contributed by atoms with E-state index in [0.717, 1.165) is 11.1 Å². The molecule has 0 fully saturated rings. The maximum atomic E-state index is 10.9. The lowest BCUT2D eigenvalue weighted by atomic mass is 10.1. The molecule has 1 atom stereocenters. The molecule has 0 aliphatic heterocycles. The first-order chi connectivity index (χ1) is 12.0. The summed E-state index contributed by atoms with van der Waals surface area (Å²) in [6.07, 6.45) is 0. The summed E-state index contributed by atoms with van der Waals surface area (Å²) in [6.45, 7) is 1.93. The predicted octanol–water partition coefficient (Wildman–Crippen LogP) is 4.07. The predicted molar refractivity (Wildman–Crippen MR) is 98.0 cm³/mol. The number of aromatic nitrogens is 3. The molecule has 1 aromatic heterocycles. The topological polar surface area (TPSA) is 99.9 Å². The third kappa shape index (κ3) is 3.75. The third-order valence-corrected chi connectivity index (χ3v) is 4.97. The average molecular weight is 376 g/mol. The number of rotatable bonds is 5. The van der Waals surface area contributed by atoms with Crippen LogP contribution in [-0.4, -0.2) is 19.8 Å². The Morgan fingerprint density at radius 1 is 1.24 bits per heavy atom. The second kappa shape index (κ2) is 7.12. The van der Waals surface area contributed by atoms with Gasteiger partial charge in [0.25, 0.3) is 5.69 Å². The van der Waals surface area contributed by atoms with Gasteiger partial charge in [0, 0.05) is 28.0 Å². The van der Waals surface area contributed by atoms with E-state index in [2.05, 4.69) is 10.2 Å². The standard InChI is InChI=1S/C16H14ClN5O2S/c1-10(12-3-2-4-14(9-12)22(23)24)25-16-20-19-15(21(16)18)11-5-7-13(17)8-6-11/h2-10H,18H2,1H3. The van der Waals surface area contributed by atoms with E-state index in [1.54, 1.807) is 24.3 Å². The molecule has 0 amide bonds. The van der Waals surface area contributed by atoms with Crippen molar-refractivity contribution >= 4 is 29.1 Å². The zero-order valence-electron chi connectivity index (χ0n) is 13.2. The number of hydrogen-bond donors (Lipinski definition) is 1. The quantitative estimate of drug-likeness (QED) is 0.312. The molecule has 0 spiro atoms. The van der Waals surface area contributed by atoms with Gasteiger partial charge in [-0.2, -0.15) is 0 Å². The smallest absolute Gasteiger partial charge is 0.269 e. The Morgan fingerprint density at radius 2 is 1.96 bits per heavy atom. The van der Waals surface area contributed by atoms with Gasteiger partial charge < -0.3 is 5.84 Å². The molecule has 0 radical (unpaired) electrons. The van der Waals surface area contributed by atoms with Gasteiger partial charge in [-0.25, -0.2) is 4.68 Å². The van der Waals surface area contributed by atoms with E-state index in [9.17, 15) is 10.1 Å². The van der Waals surface area contributed by atoms with Gasteiger partial charge in [-0.1, -0.05) is 35.5 Å². The fourth-order valence-electron chi connectivity index (χ4n) is 2.27. The van der Waals surface area contributed by atoms with Crippen LogP contribution in [0.15, 0.2) is 53.7 Å². The lowest BCUT2D eigenvalue weighted by Gasteiger charge is -2.11. The Morgan fingerprint density at radius 3 is 2.64 bits per heavy atom.